The average molecular weight is 471 g/mol. The molecule has 6 nitrogen and oxygen atoms in total. The van der Waals surface area contributed by atoms with Gasteiger partial charge in [0.2, 0.25) is 11.8 Å². The molecule has 33 heavy (non-hydrogen) atoms. The molecule has 0 saturated carbocycles. The molecule has 1 heterocycles. The zero-order valence-electron chi connectivity index (χ0n) is 19.0. The zero-order chi connectivity index (χ0) is 24.6. The van der Waals surface area contributed by atoms with Crippen molar-refractivity contribution in [3.63, 3.8) is 0 Å². The van der Waals surface area contributed by atoms with Crippen LogP contribution >= 0.6 is 0 Å². The van der Waals surface area contributed by atoms with Gasteiger partial charge in [0.05, 0.1) is 5.60 Å². The number of hydrogen-bond acceptors (Lipinski definition) is 6. The third-order valence-electron chi connectivity index (χ3n) is 4.94. The minimum atomic E-state index is -4.73. The van der Waals surface area contributed by atoms with Gasteiger partial charge in [-0.05, 0) is 30.9 Å². The van der Waals surface area contributed by atoms with Gasteiger partial charge in [-0.1, -0.05) is 39.8 Å². The molecule has 0 aliphatic rings. The molecule has 10 heteroatoms. The number of aromatic nitrogens is 2. The second kappa shape index (κ2) is 11.3. The zero-order valence-corrected chi connectivity index (χ0v) is 19.0. The van der Waals surface area contributed by atoms with Crippen LogP contribution < -0.4 is 15.4 Å². The van der Waals surface area contributed by atoms with Crippen molar-refractivity contribution < 1.29 is 27.4 Å². The largest absolute Gasteiger partial charge is 0.439 e. The smallest absolute Gasteiger partial charge is 0.433 e. The highest BCUT2D eigenvalue weighted by Gasteiger charge is 2.34. The molecule has 0 amide bonds. The number of rotatable bonds is 12. The maximum Gasteiger partial charge on any atom is 0.433 e. The number of benzene rings is 1. The number of aliphatic hydroxyl groups is 1. The molecule has 0 aliphatic carbocycles. The van der Waals surface area contributed by atoms with Gasteiger partial charge in [0, 0.05) is 30.9 Å². The van der Waals surface area contributed by atoms with E-state index < -0.39 is 23.3 Å². The summed E-state index contributed by atoms with van der Waals surface area (Å²) in [6.07, 6.45) is -3.29. The van der Waals surface area contributed by atoms with E-state index in [9.17, 15) is 22.7 Å². The first-order chi connectivity index (χ1) is 15.4. The number of halogens is 4. The van der Waals surface area contributed by atoms with E-state index in [1.807, 2.05) is 20.8 Å². The highest BCUT2D eigenvalue weighted by Crippen LogP contribution is 2.32. The van der Waals surface area contributed by atoms with Crippen LogP contribution in [0.5, 0.6) is 11.6 Å². The first kappa shape index (κ1) is 26.4. The summed E-state index contributed by atoms with van der Waals surface area (Å²) in [5.41, 5.74) is -1.51. The van der Waals surface area contributed by atoms with Crippen molar-refractivity contribution in [2.75, 3.05) is 18.4 Å². The quantitative estimate of drug-likeness (QED) is 0.355. The summed E-state index contributed by atoms with van der Waals surface area (Å²) in [6, 6.07) is 5.63. The third-order valence-corrected chi connectivity index (χ3v) is 4.94. The lowest BCUT2D eigenvalue weighted by Crippen LogP contribution is -2.42. The molecule has 0 saturated heterocycles. The lowest BCUT2D eigenvalue weighted by molar-refractivity contribution is -0.141. The molecule has 2 aromatic rings. The van der Waals surface area contributed by atoms with Crippen LogP contribution in [0, 0.1) is 11.7 Å². The van der Waals surface area contributed by atoms with Crippen molar-refractivity contribution in [3.05, 3.63) is 54.1 Å². The van der Waals surface area contributed by atoms with Crippen LogP contribution in [0.3, 0.4) is 0 Å². The predicted octanol–water partition coefficient (Wildman–Crippen LogP) is 5.52. The SMILES string of the molecule is C=C(NCC(O)(CCC)CCNc1nc(Oc2cccc(F)c2)cc(C(F)(F)F)n1)C(C)C. The minimum absolute atomic E-state index is 0.00144. The molecule has 3 N–H and O–H groups in total. The number of ether oxygens (including phenoxy) is 1. The molecular formula is C23H30F4N4O2. The Hall–Kier alpha value is -2.88. The Kier molecular flexibility index (Phi) is 9.04. The van der Waals surface area contributed by atoms with E-state index in [0.717, 1.165) is 18.2 Å². The van der Waals surface area contributed by atoms with Gasteiger partial charge in [-0.25, -0.2) is 9.37 Å². The summed E-state index contributed by atoms with van der Waals surface area (Å²) < 4.78 is 58.6. The van der Waals surface area contributed by atoms with Gasteiger partial charge in [0.25, 0.3) is 0 Å². The Bertz CT molecular complexity index is 937. The van der Waals surface area contributed by atoms with E-state index in [4.69, 9.17) is 4.74 Å². The Morgan fingerprint density at radius 2 is 1.91 bits per heavy atom. The van der Waals surface area contributed by atoms with Gasteiger partial charge in [0.15, 0.2) is 5.69 Å². The number of nitrogens with one attached hydrogen (secondary N) is 2. The van der Waals surface area contributed by atoms with Gasteiger partial charge in [0.1, 0.15) is 11.6 Å². The number of hydrogen-bond donors (Lipinski definition) is 3. The summed E-state index contributed by atoms with van der Waals surface area (Å²) in [5, 5.41) is 16.8. The Balaban J connectivity index is 2.13. The third kappa shape index (κ3) is 8.53. The predicted molar refractivity (Wildman–Crippen MR) is 118 cm³/mol. The van der Waals surface area contributed by atoms with Crippen molar-refractivity contribution in [1.29, 1.82) is 0 Å². The number of alkyl halides is 3. The molecule has 0 radical (unpaired) electrons. The molecule has 0 spiro atoms. The summed E-state index contributed by atoms with van der Waals surface area (Å²) in [7, 11) is 0. The van der Waals surface area contributed by atoms with E-state index in [2.05, 4.69) is 27.2 Å². The van der Waals surface area contributed by atoms with E-state index >= 15 is 0 Å². The molecule has 1 aromatic carbocycles. The van der Waals surface area contributed by atoms with Crippen LogP contribution in [0.25, 0.3) is 0 Å². The van der Waals surface area contributed by atoms with E-state index in [1.165, 1.54) is 18.2 Å². The molecule has 0 bridgehead atoms. The highest BCUT2D eigenvalue weighted by molar-refractivity contribution is 5.35. The van der Waals surface area contributed by atoms with Crippen LogP contribution in [0.1, 0.15) is 45.7 Å². The van der Waals surface area contributed by atoms with E-state index in [0.29, 0.717) is 12.5 Å². The van der Waals surface area contributed by atoms with Gasteiger partial charge in [-0.3, -0.25) is 0 Å². The molecular weight excluding hydrogens is 440 g/mol. The lowest BCUT2D eigenvalue weighted by atomic mass is 9.93. The molecule has 1 aromatic heterocycles. The fourth-order valence-electron chi connectivity index (χ4n) is 3.01. The van der Waals surface area contributed by atoms with Crippen LogP contribution in [0.2, 0.25) is 0 Å². The highest BCUT2D eigenvalue weighted by atomic mass is 19.4. The Morgan fingerprint density at radius 1 is 1.18 bits per heavy atom. The fourth-order valence-corrected chi connectivity index (χ4v) is 3.01. The molecule has 1 atom stereocenters. The molecule has 182 valence electrons. The fraction of sp³-hybridized carbons (Fsp3) is 0.478. The normalized spacial score (nSPS) is 13.5. The first-order valence-corrected chi connectivity index (χ1v) is 10.7. The molecule has 0 aliphatic heterocycles. The van der Waals surface area contributed by atoms with Crippen molar-refractivity contribution in [2.45, 2.75) is 51.8 Å². The lowest BCUT2D eigenvalue weighted by Gasteiger charge is -2.30. The van der Waals surface area contributed by atoms with E-state index in [1.54, 1.807) is 0 Å². The first-order valence-electron chi connectivity index (χ1n) is 10.7. The second-order valence-electron chi connectivity index (χ2n) is 8.16. The molecule has 1 unspecified atom stereocenters. The number of nitrogens with zero attached hydrogens (tertiary/aromatic N) is 2. The topological polar surface area (TPSA) is 79.3 Å². The minimum Gasteiger partial charge on any atom is -0.439 e. The Morgan fingerprint density at radius 3 is 2.52 bits per heavy atom. The summed E-state index contributed by atoms with van der Waals surface area (Å²) >= 11 is 0. The van der Waals surface area contributed by atoms with Crippen molar-refractivity contribution >= 4 is 5.95 Å². The maximum atomic E-state index is 13.4. The molecule has 2 rings (SSSR count). The van der Waals surface area contributed by atoms with Gasteiger partial charge >= 0.3 is 6.18 Å². The van der Waals surface area contributed by atoms with Crippen LogP contribution in [-0.4, -0.2) is 33.8 Å². The second-order valence-corrected chi connectivity index (χ2v) is 8.16. The van der Waals surface area contributed by atoms with Gasteiger partial charge in [-0.15, -0.1) is 0 Å². The number of anilines is 1. The van der Waals surface area contributed by atoms with Crippen LogP contribution in [0.4, 0.5) is 23.5 Å². The van der Waals surface area contributed by atoms with Crippen LogP contribution in [0.15, 0.2) is 42.6 Å². The summed E-state index contributed by atoms with van der Waals surface area (Å²) in [6.45, 7) is 10.2. The molecule has 0 fully saturated rings. The Labute approximate surface area is 191 Å². The van der Waals surface area contributed by atoms with Crippen molar-refractivity contribution in [3.8, 4) is 11.6 Å². The average Bonchev–Trinajstić information content (AvgIpc) is 2.71. The maximum absolute atomic E-state index is 13.4. The van der Waals surface area contributed by atoms with Crippen molar-refractivity contribution in [1.82, 2.24) is 15.3 Å². The van der Waals surface area contributed by atoms with Gasteiger partial charge in [-0.2, -0.15) is 18.2 Å². The van der Waals surface area contributed by atoms with Crippen molar-refractivity contribution in [2.24, 2.45) is 5.92 Å². The summed E-state index contributed by atoms with van der Waals surface area (Å²) in [5.74, 6) is -1.09. The number of allylic oxidation sites excluding steroid dienone is 1. The standard InChI is InChI=1S/C23H30F4N4O2/c1-5-9-22(32,14-29-16(4)15(2)3)10-11-28-21-30-19(23(25,26)27)13-20(31-21)33-18-8-6-7-17(24)12-18/h6-8,12-13,15,29,32H,4-5,9-11,14H2,1-3H3,(H,28,30,31). The van der Waals surface area contributed by atoms with E-state index in [-0.39, 0.29) is 43.0 Å². The van der Waals surface area contributed by atoms with Gasteiger partial charge < -0.3 is 20.5 Å². The van der Waals surface area contributed by atoms with Crippen LogP contribution in [-0.2, 0) is 6.18 Å². The summed E-state index contributed by atoms with van der Waals surface area (Å²) in [4.78, 5) is 7.47. The monoisotopic (exact) mass is 470 g/mol.